The van der Waals surface area contributed by atoms with Crippen molar-refractivity contribution in [2.24, 2.45) is 0 Å². The summed E-state index contributed by atoms with van der Waals surface area (Å²) in [5.74, 6) is 2.53. The van der Waals surface area contributed by atoms with Crippen molar-refractivity contribution in [1.29, 1.82) is 0 Å². The van der Waals surface area contributed by atoms with E-state index in [0.29, 0.717) is 25.1 Å². The minimum absolute atomic E-state index is 0. The van der Waals surface area contributed by atoms with Gasteiger partial charge in [-0.25, -0.2) is 4.39 Å². The van der Waals surface area contributed by atoms with Gasteiger partial charge in [0.05, 0.1) is 13.7 Å². The Morgan fingerprint density at radius 3 is 2.32 bits per heavy atom. The number of hydrogen-bond donors (Lipinski definition) is 0. The summed E-state index contributed by atoms with van der Waals surface area (Å²) in [7, 11) is 1.61. The van der Waals surface area contributed by atoms with Crippen LogP contribution in [0.3, 0.4) is 0 Å². The van der Waals surface area contributed by atoms with Crippen molar-refractivity contribution in [3.8, 4) is 12.3 Å². The summed E-state index contributed by atoms with van der Waals surface area (Å²) in [6.07, 6.45) is 6.02. The molecule has 0 aromatic heterocycles. The first-order valence-corrected chi connectivity index (χ1v) is 8.08. The van der Waals surface area contributed by atoms with Gasteiger partial charge in [-0.1, -0.05) is 42.3 Å². The first-order chi connectivity index (χ1) is 11.6. The molecule has 0 spiro atoms. The lowest BCUT2D eigenvalue weighted by atomic mass is 9.86. The van der Waals surface area contributed by atoms with Gasteiger partial charge in [0, 0.05) is 12.5 Å². The predicted molar refractivity (Wildman–Crippen MR) is 103 cm³/mol. The van der Waals surface area contributed by atoms with Gasteiger partial charge < -0.3 is 4.84 Å². The molecule has 0 fully saturated rings. The normalized spacial score (nSPS) is 11.7. The van der Waals surface area contributed by atoms with E-state index in [-0.39, 0.29) is 24.1 Å². The molecule has 2 rings (SSSR count). The van der Waals surface area contributed by atoms with Crippen LogP contribution >= 0.6 is 12.4 Å². The summed E-state index contributed by atoms with van der Waals surface area (Å²) in [6, 6.07) is 13.2. The van der Waals surface area contributed by atoms with E-state index in [0.717, 1.165) is 0 Å². The van der Waals surface area contributed by atoms with Crippen molar-refractivity contribution < 1.29 is 9.23 Å². The van der Waals surface area contributed by atoms with Gasteiger partial charge in [0.1, 0.15) is 5.82 Å². The summed E-state index contributed by atoms with van der Waals surface area (Å²) in [6.45, 7) is 5.19. The first-order valence-electron chi connectivity index (χ1n) is 8.08. The maximum atomic E-state index is 14.2. The first kappa shape index (κ1) is 21.2. The molecule has 0 N–H and O–H groups in total. The maximum absolute atomic E-state index is 14.2. The quantitative estimate of drug-likeness (QED) is 0.524. The van der Waals surface area contributed by atoms with Gasteiger partial charge in [0.25, 0.3) is 0 Å². The fourth-order valence-corrected chi connectivity index (χ4v) is 3.21. The van der Waals surface area contributed by atoms with Crippen molar-refractivity contribution in [1.82, 2.24) is 5.06 Å². The van der Waals surface area contributed by atoms with Crippen LogP contribution in [0.1, 0.15) is 28.2 Å². The molecule has 0 aliphatic heterocycles. The Morgan fingerprint density at radius 1 is 1.12 bits per heavy atom. The van der Waals surface area contributed by atoms with Gasteiger partial charge in [-0.2, -0.15) is 5.06 Å². The Bertz CT molecular complexity index is 706. The number of hydroxylamine groups is 2. The Morgan fingerprint density at radius 2 is 1.76 bits per heavy atom. The van der Waals surface area contributed by atoms with E-state index in [9.17, 15) is 4.39 Å². The number of aryl methyl sites for hydroxylation is 2. The third-order valence-electron chi connectivity index (χ3n) is 4.32. The van der Waals surface area contributed by atoms with E-state index >= 15 is 0 Å². The van der Waals surface area contributed by atoms with E-state index in [1.54, 1.807) is 18.2 Å². The molecule has 0 aliphatic rings. The molecule has 0 saturated carbocycles. The number of terminal acetylenes is 1. The minimum atomic E-state index is -0.172. The molecule has 0 saturated heterocycles. The highest BCUT2D eigenvalue weighted by Crippen LogP contribution is 2.29. The van der Waals surface area contributed by atoms with Gasteiger partial charge in [-0.05, 0) is 48.6 Å². The molecule has 0 aliphatic carbocycles. The summed E-state index contributed by atoms with van der Waals surface area (Å²) in [5.41, 5.74) is 4.35. The zero-order chi connectivity index (χ0) is 17.5. The molecule has 1 atom stereocenters. The molecule has 0 heterocycles. The predicted octanol–water partition coefficient (Wildman–Crippen LogP) is 4.69. The lowest BCUT2D eigenvalue weighted by Gasteiger charge is -2.27. The number of halogens is 2. The average Bonchev–Trinajstić information content (AvgIpc) is 2.56. The molecule has 1 unspecified atom stereocenters. The minimum Gasteiger partial charge on any atom is -0.301 e. The fourth-order valence-electron chi connectivity index (χ4n) is 3.21. The molecule has 25 heavy (non-hydrogen) atoms. The fraction of sp³-hybridized carbons (Fsp3) is 0.333. The second kappa shape index (κ2) is 10.2. The summed E-state index contributed by atoms with van der Waals surface area (Å²) >= 11 is 0. The van der Waals surface area contributed by atoms with E-state index < -0.39 is 0 Å². The lowest BCUT2D eigenvalue weighted by molar-refractivity contribution is -0.124. The van der Waals surface area contributed by atoms with Crippen LogP contribution in [-0.2, 0) is 11.3 Å². The standard InChI is InChI=1S/C21H24FNO.ClH/c1-5-13-23(24-4)15-19(14-18-11-6-7-12-20(18)22)21-16(2)9-8-10-17(21)3;/h1,6-12,19H,13-15H2,2-4H3;1H. The molecule has 2 aromatic carbocycles. The zero-order valence-corrected chi connectivity index (χ0v) is 15.8. The molecule has 4 heteroatoms. The van der Waals surface area contributed by atoms with Gasteiger partial charge in [0.2, 0.25) is 0 Å². The highest BCUT2D eigenvalue weighted by atomic mass is 35.5. The average molecular weight is 362 g/mol. The topological polar surface area (TPSA) is 12.5 Å². The Labute approximate surface area is 156 Å². The summed E-state index contributed by atoms with van der Waals surface area (Å²) < 4.78 is 14.2. The van der Waals surface area contributed by atoms with Crippen LogP contribution in [0.15, 0.2) is 42.5 Å². The second-order valence-corrected chi connectivity index (χ2v) is 6.01. The number of hydrogen-bond acceptors (Lipinski definition) is 2. The second-order valence-electron chi connectivity index (χ2n) is 6.01. The monoisotopic (exact) mass is 361 g/mol. The zero-order valence-electron chi connectivity index (χ0n) is 15.0. The number of rotatable bonds is 7. The van der Waals surface area contributed by atoms with Crippen LogP contribution in [0, 0.1) is 32.0 Å². The maximum Gasteiger partial charge on any atom is 0.126 e. The van der Waals surface area contributed by atoms with Crippen LogP contribution in [0.25, 0.3) is 0 Å². The number of benzene rings is 2. The molecular weight excluding hydrogens is 337 g/mol. The molecule has 2 aromatic rings. The van der Waals surface area contributed by atoms with Crippen LogP contribution < -0.4 is 0 Å². The lowest BCUT2D eigenvalue weighted by Crippen LogP contribution is -2.30. The smallest absolute Gasteiger partial charge is 0.126 e. The highest BCUT2D eigenvalue weighted by molar-refractivity contribution is 5.85. The SMILES string of the molecule is C#CCN(CC(Cc1ccccc1F)c1c(C)cccc1C)OC.Cl. The van der Waals surface area contributed by atoms with Crippen LogP contribution in [-0.4, -0.2) is 25.3 Å². The van der Waals surface area contributed by atoms with Crippen molar-refractivity contribution in [3.63, 3.8) is 0 Å². The van der Waals surface area contributed by atoms with Crippen LogP contribution in [0.5, 0.6) is 0 Å². The van der Waals surface area contributed by atoms with Gasteiger partial charge in [-0.15, -0.1) is 18.8 Å². The van der Waals surface area contributed by atoms with E-state index in [2.05, 4.69) is 31.9 Å². The summed E-state index contributed by atoms with van der Waals surface area (Å²) in [4.78, 5) is 5.39. The van der Waals surface area contributed by atoms with Crippen molar-refractivity contribution in [3.05, 3.63) is 70.5 Å². The van der Waals surface area contributed by atoms with Crippen molar-refractivity contribution in [2.75, 3.05) is 20.2 Å². The van der Waals surface area contributed by atoms with Crippen molar-refractivity contribution in [2.45, 2.75) is 26.2 Å². The Hall–Kier alpha value is -1.86. The van der Waals surface area contributed by atoms with Gasteiger partial charge >= 0.3 is 0 Å². The number of nitrogens with zero attached hydrogens (tertiary/aromatic N) is 1. The van der Waals surface area contributed by atoms with E-state index in [4.69, 9.17) is 11.3 Å². The molecular formula is C21H25ClFNO. The Kier molecular flexibility index (Phi) is 8.65. The molecule has 0 amide bonds. The molecule has 2 nitrogen and oxygen atoms in total. The Balaban J connectivity index is 0.00000312. The van der Waals surface area contributed by atoms with E-state index in [1.807, 2.05) is 18.2 Å². The molecule has 0 bridgehead atoms. The van der Waals surface area contributed by atoms with Crippen LogP contribution in [0.2, 0.25) is 0 Å². The third-order valence-corrected chi connectivity index (χ3v) is 4.32. The van der Waals surface area contributed by atoms with Gasteiger partial charge in [-0.3, -0.25) is 0 Å². The summed E-state index contributed by atoms with van der Waals surface area (Å²) in [5, 5.41) is 1.75. The third kappa shape index (κ3) is 5.57. The largest absolute Gasteiger partial charge is 0.301 e. The van der Waals surface area contributed by atoms with Crippen molar-refractivity contribution >= 4 is 12.4 Å². The molecule has 134 valence electrons. The van der Waals surface area contributed by atoms with Crippen LogP contribution in [0.4, 0.5) is 4.39 Å². The highest BCUT2D eigenvalue weighted by Gasteiger charge is 2.21. The van der Waals surface area contributed by atoms with Gasteiger partial charge in [0.15, 0.2) is 0 Å². The molecule has 0 radical (unpaired) electrons. The van der Waals surface area contributed by atoms with E-state index in [1.165, 1.54) is 22.8 Å².